The molecule has 0 aliphatic rings. The van der Waals surface area contributed by atoms with E-state index in [4.69, 9.17) is 9.15 Å². The van der Waals surface area contributed by atoms with Crippen LogP contribution in [0.5, 0.6) is 5.75 Å². The minimum atomic E-state index is -0.390. The molecule has 0 radical (unpaired) electrons. The molecular weight excluding hydrogens is 344 g/mol. The average molecular weight is 368 g/mol. The van der Waals surface area contributed by atoms with Crippen molar-refractivity contribution < 1.29 is 13.9 Å². The fourth-order valence-corrected chi connectivity index (χ4v) is 3.02. The average Bonchev–Trinajstić information content (AvgIpc) is 2.96. The minimum absolute atomic E-state index is 0.0555. The third kappa shape index (κ3) is 4.78. The summed E-state index contributed by atoms with van der Waals surface area (Å²) in [7, 11) is 0. The van der Waals surface area contributed by atoms with Crippen molar-refractivity contribution in [2.75, 3.05) is 13.2 Å². The first-order valence-electron chi connectivity index (χ1n) is 9.10. The lowest BCUT2D eigenvalue weighted by molar-refractivity contribution is -0.121. The summed E-state index contributed by atoms with van der Waals surface area (Å²) in [5.41, 5.74) is 3.59. The summed E-state index contributed by atoms with van der Waals surface area (Å²) < 4.78 is 12.4. The molecule has 27 heavy (non-hydrogen) atoms. The summed E-state index contributed by atoms with van der Waals surface area (Å²) in [5, 5.41) is 2.84. The summed E-state index contributed by atoms with van der Waals surface area (Å²) in [5.74, 6) is 0.389. The van der Waals surface area contributed by atoms with Gasteiger partial charge in [-0.25, -0.2) is 4.79 Å². The summed E-state index contributed by atoms with van der Waals surface area (Å²) in [6.45, 7) is 5.35. The van der Waals surface area contributed by atoms with Gasteiger partial charge in [-0.15, -0.1) is 0 Å². The van der Waals surface area contributed by atoms with E-state index < -0.39 is 5.76 Å². The van der Waals surface area contributed by atoms with Crippen LogP contribution in [-0.4, -0.2) is 23.6 Å². The second-order valence-electron chi connectivity index (χ2n) is 6.56. The maximum Gasteiger partial charge on any atom is 0.419 e. The molecule has 1 amide bonds. The zero-order chi connectivity index (χ0) is 19.2. The predicted molar refractivity (Wildman–Crippen MR) is 104 cm³/mol. The number of nitrogens with zero attached hydrogens (tertiary/aromatic N) is 1. The summed E-state index contributed by atoms with van der Waals surface area (Å²) >= 11 is 0. The summed E-state index contributed by atoms with van der Waals surface area (Å²) in [6.07, 6.45) is 0.905. The molecule has 0 aliphatic heterocycles. The molecule has 3 rings (SSSR count). The molecule has 0 unspecified atom stereocenters. The van der Waals surface area contributed by atoms with Crippen molar-refractivity contribution in [1.82, 2.24) is 9.88 Å². The van der Waals surface area contributed by atoms with Crippen LogP contribution in [0.1, 0.15) is 24.0 Å². The molecule has 0 atom stereocenters. The Hall–Kier alpha value is -3.02. The van der Waals surface area contributed by atoms with Gasteiger partial charge in [-0.05, 0) is 44.0 Å². The van der Waals surface area contributed by atoms with Crippen molar-refractivity contribution in [3.05, 3.63) is 64.1 Å². The Morgan fingerprint density at radius 3 is 2.81 bits per heavy atom. The van der Waals surface area contributed by atoms with Gasteiger partial charge in [0.25, 0.3) is 0 Å². The molecule has 1 aromatic heterocycles. The SMILES string of the molecule is Cc1ccc(OCCNC(=O)CCCn2c(=O)oc3ccccc32)c(C)c1. The molecule has 0 fully saturated rings. The van der Waals surface area contributed by atoms with Crippen LogP contribution in [0, 0.1) is 13.8 Å². The molecule has 0 spiro atoms. The normalized spacial score (nSPS) is 10.9. The van der Waals surface area contributed by atoms with E-state index in [9.17, 15) is 9.59 Å². The van der Waals surface area contributed by atoms with E-state index in [2.05, 4.69) is 11.4 Å². The van der Waals surface area contributed by atoms with Gasteiger partial charge in [0.05, 0.1) is 12.1 Å². The summed E-state index contributed by atoms with van der Waals surface area (Å²) in [6, 6.07) is 13.3. The third-order valence-electron chi connectivity index (χ3n) is 4.37. The highest BCUT2D eigenvalue weighted by Crippen LogP contribution is 2.18. The number of aryl methyl sites for hydroxylation is 3. The first-order chi connectivity index (χ1) is 13.0. The third-order valence-corrected chi connectivity index (χ3v) is 4.37. The van der Waals surface area contributed by atoms with E-state index in [1.165, 1.54) is 5.56 Å². The van der Waals surface area contributed by atoms with E-state index in [0.29, 0.717) is 38.1 Å². The van der Waals surface area contributed by atoms with E-state index in [-0.39, 0.29) is 5.91 Å². The van der Waals surface area contributed by atoms with Gasteiger partial charge in [-0.2, -0.15) is 0 Å². The van der Waals surface area contributed by atoms with Crippen LogP contribution in [-0.2, 0) is 11.3 Å². The van der Waals surface area contributed by atoms with E-state index >= 15 is 0 Å². The number of ether oxygens (including phenoxy) is 1. The highest BCUT2D eigenvalue weighted by molar-refractivity contribution is 5.76. The largest absolute Gasteiger partial charge is 0.491 e. The fourth-order valence-electron chi connectivity index (χ4n) is 3.02. The quantitative estimate of drug-likeness (QED) is 0.620. The maximum absolute atomic E-state index is 12.0. The molecule has 0 aliphatic carbocycles. The maximum atomic E-state index is 12.0. The lowest BCUT2D eigenvalue weighted by atomic mass is 10.1. The van der Waals surface area contributed by atoms with Gasteiger partial charge in [0.2, 0.25) is 5.91 Å². The Kier molecular flexibility index (Phi) is 5.96. The molecule has 6 heteroatoms. The molecule has 142 valence electrons. The second kappa shape index (κ2) is 8.58. The van der Waals surface area contributed by atoms with Gasteiger partial charge in [-0.3, -0.25) is 9.36 Å². The monoisotopic (exact) mass is 368 g/mol. The predicted octanol–water partition coefficient (Wildman–Crippen LogP) is 3.19. The highest BCUT2D eigenvalue weighted by atomic mass is 16.5. The van der Waals surface area contributed by atoms with Crippen LogP contribution in [0.4, 0.5) is 0 Å². The van der Waals surface area contributed by atoms with E-state index in [1.54, 1.807) is 10.6 Å². The molecule has 0 saturated heterocycles. The highest BCUT2D eigenvalue weighted by Gasteiger charge is 2.09. The smallest absolute Gasteiger partial charge is 0.419 e. The van der Waals surface area contributed by atoms with Crippen molar-refractivity contribution in [2.24, 2.45) is 0 Å². The first kappa shape index (κ1) is 18.8. The topological polar surface area (TPSA) is 73.5 Å². The van der Waals surface area contributed by atoms with Crippen LogP contribution in [0.25, 0.3) is 11.1 Å². The molecule has 1 N–H and O–H groups in total. The number of amides is 1. The van der Waals surface area contributed by atoms with Gasteiger partial charge in [0, 0.05) is 13.0 Å². The van der Waals surface area contributed by atoms with Crippen LogP contribution < -0.4 is 15.8 Å². The van der Waals surface area contributed by atoms with Gasteiger partial charge < -0.3 is 14.5 Å². The Labute approximate surface area is 157 Å². The molecule has 0 saturated carbocycles. The molecule has 6 nitrogen and oxygen atoms in total. The van der Waals surface area contributed by atoms with Gasteiger partial charge in [0.15, 0.2) is 5.58 Å². The lowest BCUT2D eigenvalue weighted by Crippen LogP contribution is -2.28. The number of fused-ring (bicyclic) bond motifs is 1. The Morgan fingerprint density at radius 1 is 1.19 bits per heavy atom. The number of rotatable bonds is 8. The zero-order valence-electron chi connectivity index (χ0n) is 15.7. The number of carbonyl (C=O) groups excluding carboxylic acids is 1. The lowest BCUT2D eigenvalue weighted by Gasteiger charge is -2.10. The molecule has 2 aromatic carbocycles. The van der Waals surface area contributed by atoms with E-state index in [0.717, 1.165) is 16.8 Å². The van der Waals surface area contributed by atoms with Crippen molar-refractivity contribution in [3.63, 3.8) is 0 Å². The van der Waals surface area contributed by atoms with Crippen molar-refractivity contribution in [3.8, 4) is 5.75 Å². The summed E-state index contributed by atoms with van der Waals surface area (Å²) in [4.78, 5) is 23.9. The second-order valence-corrected chi connectivity index (χ2v) is 6.56. The standard InChI is InChI=1S/C21H24N2O4/c1-15-9-10-18(16(2)14-15)26-13-11-22-20(24)8-5-12-23-17-6-3-4-7-19(17)27-21(23)25/h3-4,6-7,9-10,14H,5,8,11-13H2,1-2H3,(H,22,24). The number of para-hydroxylation sites is 2. The van der Waals surface area contributed by atoms with Crippen LogP contribution >= 0.6 is 0 Å². The number of benzene rings is 2. The number of aromatic nitrogens is 1. The van der Waals surface area contributed by atoms with Crippen molar-refractivity contribution in [1.29, 1.82) is 0 Å². The Morgan fingerprint density at radius 2 is 2.00 bits per heavy atom. The number of hydrogen-bond donors (Lipinski definition) is 1. The number of oxazole rings is 1. The van der Waals surface area contributed by atoms with Crippen molar-refractivity contribution in [2.45, 2.75) is 33.2 Å². The van der Waals surface area contributed by atoms with Gasteiger partial charge in [0.1, 0.15) is 12.4 Å². The van der Waals surface area contributed by atoms with Gasteiger partial charge >= 0.3 is 5.76 Å². The fraction of sp³-hybridized carbons (Fsp3) is 0.333. The first-order valence-corrected chi connectivity index (χ1v) is 9.10. The zero-order valence-corrected chi connectivity index (χ0v) is 15.7. The van der Waals surface area contributed by atoms with Crippen LogP contribution in [0.3, 0.4) is 0 Å². The Bertz CT molecular complexity index is 987. The van der Waals surface area contributed by atoms with Crippen molar-refractivity contribution >= 4 is 17.0 Å². The van der Waals surface area contributed by atoms with Gasteiger partial charge in [-0.1, -0.05) is 29.8 Å². The van der Waals surface area contributed by atoms with Crippen LogP contribution in [0.15, 0.2) is 51.7 Å². The molecule has 1 heterocycles. The number of hydrogen-bond acceptors (Lipinski definition) is 4. The Balaban J connectivity index is 1.40. The minimum Gasteiger partial charge on any atom is -0.491 e. The van der Waals surface area contributed by atoms with E-state index in [1.807, 2.05) is 44.2 Å². The molecular formula is C21H24N2O4. The number of carbonyl (C=O) groups is 1. The van der Waals surface area contributed by atoms with Crippen LogP contribution in [0.2, 0.25) is 0 Å². The molecule has 3 aromatic rings. The molecule has 0 bridgehead atoms. The number of nitrogens with one attached hydrogen (secondary N) is 1.